The second kappa shape index (κ2) is 6.08. The molecule has 0 bridgehead atoms. The monoisotopic (exact) mass is 403 g/mol. The number of alkyl halides is 5. The molecule has 0 aliphatic heterocycles. The summed E-state index contributed by atoms with van der Waals surface area (Å²) in [4.78, 5) is 7.70. The quantitative estimate of drug-likeness (QED) is 0.409. The fraction of sp³-hybridized carbons (Fsp3) is 0.353. The van der Waals surface area contributed by atoms with Crippen LogP contribution in [-0.2, 0) is 6.54 Å². The van der Waals surface area contributed by atoms with Crippen molar-refractivity contribution in [3.05, 3.63) is 42.2 Å². The molecule has 1 saturated carbocycles. The Morgan fingerprint density at radius 3 is 2.46 bits per heavy atom. The average molecular weight is 403 g/mol. The Bertz CT molecular complexity index is 1030. The van der Waals surface area contributed by atoms with Crippen LogP contribution in [0.25, 0.3) is 22.4 Å². The van der Waals surface area contributed by atoms with Crippen molar-refractivity contribution >= 4 is 11.0 Å². The summed E-state index contributed by atoms with van der Waals surface area (Å²) in [6, 6.07) is 2.49. The number of aromatic nitrogens is 4. The molecule has 1 fully saturated rings. The van der Waals surface area contributed by atoms with Gasteiger partial charge in [0.25, 0.3) is 0 Å². The summed E-state index contributed by atoms with van der Waals surface area (Å²) >= 11 is 0. The smallest absolute Gasteiger partial charge is 0.323 e. The number of imidazole rings is 1. The van der Waals surface area contributed by atoms with Crippen molar-refractivity contribution < 1.29 is 36.3 Å². The normalized spacial score (nSPS) is 15.4. The van der Waals surface area contributed by atoms with Gasteiger partial charge in [0.1, 0.15) is 5.69 Å². The number of pyridine rings is 2. The first-order valence-electron chi connectivity index (χ1n) is 8.27. The molecule has 5 nitrogen and oxygen atoms in total. The lowest BCUT2D eigenvalue weighted by Crippen LogP contribution is -2.40. The van der Waals surface area contributed by atoms with E-state index in [4.69, 9.17) is 0 Å². The molecule has 1 aliphatic rings. The third-order valence-electron chi connectivity index (χ3n) is 4.60. The van der Waals surface area contributed by atoms with Crippen LogP contribution in [0, 0.1) is 5.82 Å². The Hall–Kier alpha value is -2.85. The Balaban J connectivity index is 1.71. The number of nitrogens with zero attached hydrogens (tertiary/aromatic N) is 4. The first-order valence-corrected chi connectivity index (χ1v) is 8.27. The van der Waals surface area contributed by atoms with E-state index in [1.807, 2.05) is 0 Å². The summed E-state index contributed by atoms with van der Waals surface area (Å²) in [6.07, 6.45) is -0.685. The third kappa shape index (κ3) is 3.14. The van der Waals surface area contributed by atoms with Gasteiger partial charge in [-0.3, -0.25) is 5.21 Å². The molecule has 3 aromatic heterocycles. The van der Waals surface area contributed by atoms with Gasteiger partial charge in [-0.15, -0.1) is 0 Å². The van der Waals surface area contributed by atoms with Crippen molar-refractivity contribution in [3.8, 4) is 11.4 Å². The van der Waals surface area contributed by atoms with Crippen LogP contribution < -0.4 is 4.73 Å². The molecular weight excluding hydrogens is 390 g/mol. The molecule has 3 heterocycles. The molecule has 0 atom stereocenters. The second-order valence-electron chi connectivity index (χ2n) is 6.72. The zero-order chi connectivity index (χ0) is 20.3. The minimum atomic E-state index is -5.70. The van der Waals surface area contributed by atoms with Crippen LogP contribution in [0.5, 0.6) is 0 Å². The number of hydrogen-bond donors (Lipinski definition) is 1. The van der Waals surface area contributed by atoms with E-state index in [9.17, 15) is 31.5 Å². The highest BCUT2D eigenvalue weighted by Crippen LogP contribution is 2.40. The molecule has 1 N–H and O–H groups in total. The summed E-state index contributed by atoms with van der Waals surface area (Å²) < 4.78 is 79.6. The van der Waals surface area contributed by atoms with Crippen molar-refractivity contribution in [3.63, 3.8) is 0 Å². The minimum Gasteiger partial charge on any atom is -0.323 e. The van der Waals surface area contributed by atoms with E-state index in [-0.39, 0.29) is 28.3 Å². The Morgan fingerprint density at radius 2 is 1.86 bits per heavy atom. The molecule has 0 aromatic carbocycles. The molecule has 0 amide bonds. The summed E-state index contributed by atoms with van der Waals surface area (Å²) in [5.41, 5.74) is 0.299. The van der Waals surface area contributed by atoms with E-state index in [1.165, 1.54) is 18.3 Å². The van der Waals surface area contributed by atoms with Crippen LogP contribution in [0.1, 0.15) is 24.3 Å². The number of rotatable bonds is 4. The summed E-state index contributed by atoms with van der Waals surface area (Å²) in [5.74, 6) is -5.48. The number of fused-ring (bicyclic) bond motifs is 1. The Labute approximate surface area is 153 Å². The van der Waals surface area contributed by atoms with Gasteiger partial charge < -0.3 is 4.57 Å². The van der Waals surface area contributed by atoms with Gasteiger partial charge in [0.2, 0.25) is 12.0 Å². The molecule has 28 heavy (non-hydrogen) atoms. The van der Waals surface area contributed by atoms with Gasteiger partial charge in [-0.05, 0) is 30.9 Å². The van der Waals surface area contributed by atoms with Gasteiger partial charge in [-0.2, -0.15) is 26.3 Å². The van der Waals surface area contributed by atoms with Crippen LogP contribution in [0.2, 0.25) is 0 Å². The molecule has 0 radical (unpaired) electrons. The number of halogens is 6. The van der Waals surface area contributed by atoms with Gasteiger partial charge in [0.05, 0.1) is 30.1 Å². The highest BCUT2D eigenvalue weighted by molar-refractivity contribution is 5.78. The number of hydrogen-bond acceptors (Lipinski definition) is 3. The predicted molar refractivity (Wildman–Crippen MR) is 83.3 cm³/mol. The standard InChI is InChI=1S/C17H13F6N4O/c18-11-3-10(9-1-2-9)6-27(28)15(11)13-4-12-14(5-24-13)26(8-25-12)7-16(19,20)17(21,22)23/h3-6,8-9,28H,1-2,7H2/q+1. The zero-order valence-corrected chi connectivity index (χ0v) is 14.1. The minimum absolute atomic E-state index is 0.0358. The van der Waals surface area contributed by atoms with E-state index in [2.05, 4.69) is 9.97 Å². The van der Waals surface area contributed by atoms with Gasteiger partial charge >= 0.3 is 17.8 Å². The van der Waals surface area contributed by atoms with E-state index in [0.717, 1.165) is 25.4 Å². The molecule has 148 valence electrons. The van der Waals surface area contributed by atoms with E-state index >= 15 is 0 Å². The predicted octanol–water partition coefficient (Wildman–Crippen LogP) is 3.84. The first-order chi connectivity index (χ1) is 13.1. The topological polar surface area (TPSA) is 54.8 Å². The van der Waals surface area contributed by atoms with Crippen molar-refractivity contribution in [1.82, 2.24) is 14.5 Å². The highest BCUT2D eigenvalue weighted by atomic mass is 19.4. The lowest BCUT2D eigenvalue weighted by atomic mass is 10.1. The van der Waals surface area contributed by atoms with Crippen LogP contribution in [0.15, 0.2) is 30.9 Å². The fourth-order valence-corrected chi connectivity index (χ4v) is 2.96. The summed E-state index contributed by atoms with van der Waals surface area (Å²) in [6.45, 7) is -1.65. The van der Waals surface area contributed by atoms with Crippen LogP contribution in [-0.4, -0.2) is 31.8 Å². The summed E-state index contributed by atoms with van der Waals surface area (Å²) in [5, 5.41) is 10.1. The third-order valence-corrected chi connectivity index (χ3v) is 4.60. The molecule has 0 spiro atoms. The Morgan fingerprint density at radius 1 is 1.14 bits per heavy atom. The van der Waals surface area contributed by atoms with Crippen molar-refractivity contribution in [1.29, 1.82) is 0 Å². The van der Waals surface area contributed by atoms with E-state index in [1.54, 1.807) is 0 Å². The van der Waals surface area contributed by atoms with E-state index in [0.29, 0.717) is 14.9 Å². The fourth-order valence-electron chi connectivity index (χ4n) is 2.96. The molecule has 0 unspecified atom stereocenters. The molecule has 1 aliphatic carbocycles. The lowest BCUT2D eigenvalue weighted by molar-refractivity contribution is -0.897. The second-order valence-corrected chi connectivity index (χ2v) is 6.72. The maximum absolute atomic E-state index is 14.5. The van der Waals surface area contributed by atoms with Crippen LogP contribution >= 0.6 is 0 Å². The SMILES string of the molecule is O[n+]1cc(C2CC2)cc(F)c1-c1cc2ncn(CC(F)(F)C(F)(F)F)c2cn1. The maximum atomic E-state index is 14.5. The first kappa shape index (κ1) is 18.5. The van der Waals surface area contributed by atoms with Crippen LogP contribution in [0.4, 0.5) is 26.3 Å². The maximum Gasteiger partial charge on any atom is 0.455 e. The van der Waals surface area contributed by atoms with Crippen molar-refractivity contribution in [2.24, 2.45) is 0 Å². The lowest BCUT2D eigenvalue weighted by Gasteiger charge is -2.20. The molecule has 11 heteroatoms. The molecule has 0 saturated heterocycles. The largest absolute Gasteiger partial charge is 0.455 e. The molecular formula is C17H13F6N4O+. The Kier molecular flexibility index (Phi) is 4.02. The molecule has 3 aromatic rings. The van der Waals surface area contributed by atoms with Gasteiger partial charge in [-0.1, -0.05) is 0 Å². The van der Waals surface area contributed by atoms with E-state index < -0.39 is 24.5 Å². The van der Waals surface area contributed by atoms with Gasteiger partial charge in [0, 0.05) is 10.3 Å². The average Bonchev–Trinajstić information content (AvgIpc) is 3.36. The molecule has 4 rings (SSSR count). The van der Waals surface area contributed by atoms with Crippen molar-refractivity contribution in [2.75, 3.05) is 0 Å². The highest BCUT2D eigenvalue weighted by Gasteiger charge is 2.57. The van der Waals surface area contributed by atoms with Crippen molar-refractivity contribution in [2.45, 2.75) is 37.4 Å². The zero-order valence-electron chi connectivity index (χ0n) is 14.1. The summed E-state index contributed by atoms with van der Waals surface area (Å²) in [7, 11) is 0. The van der Waals surface area contributed by atoms with Crippen LogP contribution in [0.3, 0.4) is 0 Å². The van der Waals surface area contributed by atoms with Gasteiger partial charge in [-0.25, -0.2) is 9.97 Å². The van der Waals surface area contributed by atoms with Gasteiger partial charge in [0.15, 0.2) is 0 Å².